The predicted molar refractivity (Wildman–Crippen MR) is 138 cm³/mol. The molecule has 2 heterocycles. The summed E-state index contributed by atoms with van der Waals surface area (Å²) in [6.07, 6.45) is 0. The minimum absolute atomic E-state index is 0.348. The summed E-state index contributed by atoms with van der Waals surface area (Å²) < 4.78 is 7.60. The lowest BCUT2D eigenvalue weighted by atomic mass is 10.0. The number of halogens is 1. The van der Waals surface area contributed by atoms with Gasteiger partial charge in [-0.25, -0.2) is 4.79 Å². The summed E-state index contributed by atoms with van der Waals surface area (Å²) in [4.78, 5) is 12.3. The number of aromatic nitrogens is 3. The minimum Gasteiger partial charge on any atom is -0.422 e. The summed E-state index contributed by atoms with van der Waals surface area (Å²) in [5.41, 5.74) is 6.31. The topological polar surface area (TPSA) is 60.9 Å². The van der Waals surface area contributed by atoms with Gasteiger partial charge in [-0.3, -0.25) is 4.57 Å². The van der Waals surface area contributed by atoms with Crippen molar-refractivity contribution in [3.05, 3.63) is 104 Å². The highest BCUT2D eigenvalue weighted by Crippen LogP contribution is 2.33. The molecule has 3 aromatic carbocycles. The quantitative estimate of drug-likeness (QED) is 0.199. The molecule has 0 fully saturated rings. The molecule has 0 aliphatic rings. The van der Waals surface area contributed by atoms with E-state index < -0.39 is 0 Å². The van der Waals surface area contributed by atoms with Crippen LogP contribution in [0.5, 0.6) is 0 Å². The van der Waals surface area contributed by atoms with Gasteiger partial charge in [0.15, 0.2) is 11.0 Å². The van der Waals surface area contributed by atoms with Crippen LogP contribution in [-0.4, -0.2) is 14.8 Å². The van der Waals surface area contributed by atoms with Crippen LogP contribution in [0.3, 0.4) is 0 Å². The van der Waals surface area contributed by atoms with Crippen molar-refractivity contribution >= 4 is 34.3 Å². The van der Waals surface area contributed by atoms with Gasteiger partial charge >= 0.3 is 5.63 Å². The van der Waals surface area contributed by atoms with E-state index in [1.165, 1.54) is 11.8 Å². The van der Waals surface area contributed by atoms with E-state index in [9.17, 15) is 4.79 Å². The number of hydrogen-bond acceptors (Lipinski definition) is 5. The van der Waals surface area contributed by atoms with Crippen LogP contribution in [0, 0.1) is 20.8 Å². The minimum atomic E-state index is -0.348. The summed E-state index contributed by atoms with van der Waals surface area (Å²) in [5.74, 6) is 1.28. The van der Waals surface area contributed by atoms with Gasteiger partial charge in [-0.1, -0.05) is 53.7 Å². The Morgan fingerprint density at radius 1 is 0.941 bits per heavy atom. The molecule has 5 rings (SSSR count). The zero-order valence-corrected chi connectivity index (χ0v) is 20.6. The van der Waals surface area contributed by atoms with Crippen LogP contribution in [0.2, 0.25) is 5.02 Å². The second kappa shape index (κ2) is 9.12. The molecule has 0 saturated carbocycles. The Labute approximate surface area is 206 Å². The van der Waals surface area contributed by atoms with Gasteiger partial charge in [0, 0.05) is 27.8 Å². The number of rotatable bonds is 5. The lowest BCUT2D eigenvalue weighted by Gasteiger charge is -2.13. The van der Waals surface area contributed by atoms with Crippen LogP contribution in [0.25, 0.3) is 28.0 Å². The fraction of sp³-hybridized carbons (Fsp3) is 0.148. The summed E-state index contributed by atoms with van der Waals surface area (Å²) in [6, 6.07) is 21.4. The zero-order valence-electron chi connectivity index (χ0n) is 19.0. The van der Waals surface area contributed by atoms with Gasteiger partial charge in [0.25, 0.3) is 0 Å². The van der Waals surface area contributed by atoms with E-state index in [1.54, 1.807) is 6.07 Å². The third-order valence-electron chi connectivity index (χ3n) is 5.97. The Balaban J connectivity index is 1.59. The molecule has 5 nitrogen and oxygen atoms in total. The average molecular weight is 488 g/mol. The molecule has 0 radical (unpaired) electrons. The molecule has 0 aliphatic carbocycles. The maximum absolute atomic E-state index is 12.3. The first kappa shape index (κ1) is 22.4. The molecule has 0 aliphatic heterocycles. The number of thioether (sulfide) groups is 1. The average Bonchev–Trinajstić information content (AvgIpc) is 3.24. The predicted octanol–water partition coefficient (Wildman–Crippen LogP) is 6.91. The molecule has 0 amide bonds. The molecule has 0 atom stereocenters. The Morgan fingerprint density at radius 2 is 1.71 bits per heavy atom. The number of hydrogen-bond donors (Lipinski definition) is 0. The Hall–Kier alpha value is -3.35. The Bertz CT molecular complexity index is 1570. The summed E-state index contributed by atoms with van der Waals surface area (Å²) in [6.45, 7) is 6.06. The first-order chi connectivity index (χ1) is 16.4. The van der Waals surface area contributed by atoms with E-state index in [1.807, 2.05) is 56.3 Å². The maximum Gasteiger partial charge on any atom is 0.336 e. The molecular weight excluding hydrogens is 466 g/mol. The van der Waals surface area contributed by atoms with Crippen molar-refractivity contribution in [3.63, 3.8) is 0 Å². The third kappa shape index (κ3) is 4.15. The van der Waals surface area contributed by atoms with Crippen LogP contribution >= 0.6 is 23.4 Å². The number of benzene rings is 3. The van der Waals surface area contributed by atoms with Crippen molar-refractivity contribution in [2.45, 2.75) is 31.7 Å². The van der Waals surface area contributed by atoms with E-state index in [2.05, 4.69) is 39.9 Å². The van der Waals surface area contributed by atoms with Gasteiger partial charge in [0.2, 0.25) is 0 Å². The van der Waals surface area contributed by atoms with Crippen LogP contribution in [0.15, 0.2) is 81.1 Å². The van der Waals surface area contributed by atoms with E-state index in [0.717, 1.165) is 49.9 Å². The highest BCUT2D eigenvalue weighted by molar-refractivity contribution is 7.98. The molecule has 0 spiro atoms. The smallest absolute Gasteiger partial charge is 0.336 e. The van der Waals surface area contributed by atoms with Crippen molar-refractivity contribution in [3.8, 4) is 17.1 Å². The third-order valence-corrected chi connectivity index (χ3v) is 7.20. The van der Waals surface area contributed by atoms with Gasteiger partial charge < -0.3 is 4.42 Å². The number of para-hydroxylation sites is 1. The van der Waals surface area contributed by atoms with Crippen LogP contribution in [0.1, 0.15) is 22.3 Å². The molecule has 170 valence electrons. The van der Waals surface area contributed by atoms with E-state index in [-0.39, 0.29) is 5.63 Å². The lowest BCUT2D eigenvalue weighted by molar-refractivity contribution is 0.557. The largest absolute Gasteiger partial charge is 0.422 e. The van der Waals surface area contributed by atoms with Crippen molar-refractivity contribution < 1.29 is 4.42 Å². The molecule has 7 heteroatoms. The number of fused-ring (bicyclic) bond motifs is 1. The number of nitrogens with zero attached hydrogens (tertiary/aromatic N) is 3. The Morgan fingerprint density at radius 3 is 2.47 bits per heavy atom. The van der Waals surface area contributed by atoms with Gasteiger partial charge in [0.05, 0.1) is 5.69 Å². The summed E-state index contributed by atoms with van der Waals surface area (Å²) >= 11 is 7.64. The fourth-order valence-corrected chi connectivity index (χ4v) is 5.03. The summed E-state index contributed by atoms with van der Waals surface area (Å²) in [5, 5.41) is 11.4. The molecule has 5 aromatic rings. The molecular formula is C27H22ClN3O2S. The van der Waals surface area contributed by atoms with Gasteiger partial charge in [-0.05, 0) is 73.4 Å². The first-order valence-electron chi connectivity index (χ1n) is 10.9. The highest BCUT2D eigenvalue weighted by Gasteiger charge is 2.18. The van der Waals surface area contributed by atoms with Crippen molar-refractivity contribution in [2.75, 3.05) is 0 Å². The zero-order chi connectivity index (χ0) is 23.8. The molecule has 0 bridgehead atoms. The SMILES string of the molecule is Cc1ccccc1-n1c(SCc2cc(=O)oc3c(C)c(C)ccc23)nnc1-c1ccc(Cl)cc1. The van der Waals surface area contributed by atoms with Gasteiger partial charge in [0.1, 0.15) is 5.58 Å². The van der Waals surface area contributed by atoms with E-state index in [0.29, 0.717) is 16.4 Å². The molecule has 2 aromatic heterocycles. The van der Waals surface area contributed by atoms with Gasteiger partial charge in [-0.15, -0.1) is 10.2 Å². The normalized spacial score (nSPS) is 11.3. The monoisotopic (exact) mass is 487 g/mol. The Kier molecular flexibility index (Phi) is 6.02. The fourth-order valence-electron chi connectivity index (χ4n) is 3.97. The first-order valence-corrected chi connectivity index (χ1v) is 12.2. The van der Waals surface area contributed by atoms with Crippen molar-refractivity contribution in [1.82, 2.24) is 14.8 Å². The molecule has 0 unspecified atom stereocenters. The second-order valence-corrected chi connectivity index (χ2v) is 9.58. The summed E-state index contributed by atoms with van der Waals surface area (Å²) in [7, 11) is 0. The van der Waals surface area contributed by atoms with Crippen molar-refractivity contribution in [2.24, 2.45) is 0 Å². The van der Waals surface area contributed by atoms with Crippen molar-refractivity contribution in [1.29, 1.82) is 0 Å². The van der Waals surface area contributed by atoms with Crippen LogP contribution in [0.4, 0.5) is 0 Å². The molecule has 34 heavy (non-hydrogen) atoms. The molecule has 0 N–H and O–H groups in total. The van der Waals surface area contributed by atoms with Crippen LogP contribution in [-0.2, 0) is 5.75 Å². The van der Waals surface area contributed by atoms with Crippen LogP contribution < -0.4 is 5.63 Å². The number of aryl methyl sites for hydroxylation is 3. The van der Waals surface area contributed by atoms with E-state index >= 15 is 0 Å². The highest BCUT2D eigenvalue weighted by atomic mass is 35.5. The lowest BCUT2D eigenvalue weighted by Crippen LogP contribution is -2.03. The maximum atomic E-state index is 12.3. The van der Waals surface area contributed by atoms with Gasteiger partial charge in [-0.2, -0.15) is 0 Å². The van der Waals surface area contributed by atoms with E-state index in [4.69, 9.17) is 16.0 Å². The second-order valence-electron chi connectivity index (χ2n) is 8.20. The molecule has 0 saturated heterocycles. The standard InChI is InChI=1S/C27H22ClN3O2S/c1-16-8-13-22-20(14-24(32)33-25(22)18(16)3)15-34-27-30-29-26(19-9-11-21(28)12-10-19)31(27)23-7-5-4-6-17(23)2/h4-14H,15H2,1-3H3.